The second-order valence-electron chi connectivity index (χ2n) is 17.6. The molecule has 9 amide bonds. The fourth-order valence-corrected chi connectivity index (χ4v) is 7.28. The maximum atomic E-state index is 13.7. The van der Waals surface area contributed by atoms with Crippen molar-refractivity contribution in [2.24, 2.45) is 11.5 Å². The number of rotatable bonds is 23. The van der Waals surface area contributed by atoms with E-state index in [0.717, 1.165) is 45.4 Å². The number of hydrogen-bond acceptors (Lipinski definition) is 16. The van der Waals surface area contributed by atoms with E-state index >= 15 is 0 Å². The largest absolute Gasteiger partial charge is 0.481 e. The van der Waals surface area contributed by atoms with Gasteiger partial charge in [-0.1, -0.05) is 71.1 Å². The van der Waals surface area contributed by atoms with E-state index in [2.05, 4.69) is 44.1 Å². The molecule has 1 rings (SSSR count). The van der Waals surface area contributed by atoms with Crippen molar-refractivity contribution in [3.63, 3.8) is 0 Å². The van der Waals surface area contributed by atoms with E-state index < -0.39 is 165 Å². The lowest BCUT2D eigenvalue weighted by Gasteiger charge is -2.27. The second kappa shape index (κ2) is 35.2. The average Bonchev–Trinajstić information content (AvgIpc) is 3.31. The molecule has 0 bridgehead atoms. The molecule has 1 aliphatic heterocycles. The molecular weight excluding hydrogens is 937 g/mol. The number of carbonyl (C=O) groups excluding carboxylic acids is 10. The summed E-state index contributed by atoms with van der Waals surface area (Å²) in [5.74, 6) is -12.4. The molecule has 0 radical (unpaired) electrons. The zero-order valence-electron chi connectivity index (χ0n) is 41.1. The molecule has 404 valence electrons. The van der Waals surface area contributed by atoms with Crippen molar-refractivity contribution in [1.82, 2.24) is 42.5 Å². The third-order valence-electron chi connectivity index (χ3n) is 11.4. The van der Waals surface area contributed by atoms with Gasteiger partial charge >= 0.3 is 11.9 Å². The van der Waals surface area contributed by atoms with Crippen LogP contribution in [-0.4, -0.2) is 166 Å². The number of nitrogens with one attached hydrogen (secondary N) is 8. The minimum Gasteiger partial charge on any atom is -0.481 e. The lowest BCUT2D eigenvalue weighted by molar-refractivity contribution is -0.151. The molecule has 71 heavy (non-hydrogen) atoms. The van der Waals surface area contributed by atoms with E-state index in [4.69, 9.17) is 16.2 Å². The molecule has 0 aromatic rings. The van der Waals surface area contributed by atoms with Crippen molar-refractivity contribution < 1.29 is 77.9 Å². The molecule has 0 aromatic heterocycles. The van der Waals surface area contributed by atoms with E-state index in [1.54, 1.807) is 0 Å². The maximum Gasteiger partial charge on any atom is 0.325 e. The van der Waals surface area contributed by atoms with Gasteiger partial charge in [0.2, 0.25) is 53.2 Å². The maximum absolute atomic E-state index is 13.7. The van der Waals surface area contributed by atoms with E-state index in [1.165, 1.54) is 32.6 Å². The van der Waals surface area contributed by atoms with Crippen LogP contribution in [0, 0.1) is 0 Å². The summed E-state index contributed by atoms with van der Waals surface area (Å²) in [7, 11) is 0. The van der Waals surface area contributed by atoms with Crippen LogP contribution < -0.4 is 54.0 Å². The number of carbonyl (C=O) groups is 11. The lowest BCUT2D eigenvalue weighted by Crippen LogP contribution is -2.62. The fourth-order valence-electron chi connectivity index (χ4n) is 7.28. The van der Waals surface area contributed by atoms with E-state index in [0.29, 0.717) is 6.42 Å². The van der Waals surface area contributed by atoms with Gasteiger partial charge in [-0.25, -0.2) is 0 Å². The molecule has 0 aliphatic carbocycles. The van der Waals surface area contributed by atoms with Gasteiger partial charge in [-0.3, -0.25) is 52.7 Å². The topological polar surface area (TPSA) is 426 Å². The molecule has 0 aromatic carbocycles. The highest BCUT2D eigenvalue weighted by molar-refractivity contribution is 5.99. The third kappa shape index (κ3) is 26.2. The number of cyclic esters (lactones) is 1. The predicted molar refractivity (Wildman–Crippen MR) is 253 cm³/mol. The van der Waals surface area contributed by atoms with Gasteiger partial charge in [0.25, 0.3) is 0 Å². The van der Waals surface area contributed by atoms with Crippen molar-refractivity contribution in [1.29, 1.82) is 0 Å². The van der Waals surface area contributed by atoms with Crippen LogP contribution in [0.25, 0.3) is 0 Å². The van der Waals surface area contributed by atoms with Crippen LogP contribution in [0.5, 0.6) is 0 Å². The zero-order chi connectivity index (χ0) is 53.5. The molecule has 26 heteroatoms. The Kier molecular flexibility index (Phi) is 31.2. The molecule has 1 heterocycles. The summed E-state index contributed by atoms with van der Waals surface area (Å²) in [5.41, 5.74) is 11.0. The van der Waals surface area contributed by atoms with Crippen LogP contribution in [0.15, 0.2) is 0 Å². The number of carboxylic acids is 1. The van der Waals surface area contributed by atoms with Gasteiger partial charge in [0.05, 0.1) is 32.2 Å². The number of aliphatic hydroxyl groups excluding tert-OH is 3. The second-order valence-corrected chi connectivity index (χ2v) is 17.6. The fraction of sp³-hybridized carbons (Fsp3) is 0.756. The summed E-state index contributed by atoms with van der Waals surface area (Å²) >= 11 is 0. The molecule has 9 atom stereocenters. The highest BCUT2D eigenvalue weighted by atomic mass is 16.5. The molecule has 1 aliphatic rings. The van der Waals surface area contributed by atoms with Gasteiger partial charge in [-0.2, -0.15) is 0 Å². The zero-order valence-corrected chi connectivity index (χ0v) is 41.1. The number of amides is 9. The Balaban J connectivity index is 3.58. The highest BCUT2D eigenvalue weighted by Gasteiger charge is 2.35. The number of aliphatic carboxylic acids is 1. The Hall–Kier alpha value is -5.99. The van der Waals surface area contributed by atoms with Gasteiger partial charge in [-0.05, 0) is 52.5 Å². The summed E-state index contributed by atoms with van der Waals surface area (Å²) in [6, 6.07) is -12.0. The Morgan fingerprint density at radius 3 is 1.58 bits per heavy atom. The first-order valence-electron chi connectivity index (χ1n) is 24.4. The van der Waals surface area contributed by atoms with Crippen molar-refractivity contribution in [2.45, 2.75) is 191 Å². The lowest BCUT2D eigenvalue weighted by atomic mass is 10.0. The van der Waals surface area contributed by atoms with E-state index in [1.807, 2.05) is 5.32 Å². The highest BCUT2D eigenvalue weighted by Crippen LogP contribution is 2.16. The first kappa shape index (κ1) is 63.0. The Bertz CT molecular complexity index is 1770. The molecule has 1 fully saturated rings. The van der Waals surface area contributed by atoms with Crippen molar-refractivity contribution in [3.8, 4) is 0 Å². The van der Waals surface area contributed by atoms with Crippen molar-refractivity contribution in [3.05, 3.63) is 0 Å². The molecule has 0 saturated carbocycles. The van der Waals surface area contributed by atoms with Crippen LogP contribution in [0.2, 0.25) is 0 Å². The molecule has 9 unspecified atom stereocenters. The number of esters is 1. The Morgan fingerprint density at radius 1 is 0.620 bits per heavy atom. The number of ether oxygens (including phenoxy) is 1. The molecular formula is C45H78N10O16. The number of primary amides is 1. The van der Waals surface area contributed by atoms with Crippen molar-refractivity contribution in [2.75, 3.05) is 26.3 Å². The van der Waals surface area contributed by atoms with E-state index in [9.17, 15) is 73.2 Å². The summed E-state index contributed by atoms with van der Waals surface area (Å²) < 4.78 is 5.60. The number of unbranched alkanes of at least 4 members (excludes halogenated alkanes) is 10. The first-order valence-corrected chi connectivity index (χ1v) is 24.4. The number of nitrogens with two attached hydrogens (primary N) is 2. The Labute approximate surface area is 413 Å². The summed E-state index contributed by atoms with van der Waals surface area (Å²) in [6.07, 6.45) is 6.26. The molecule has 16 N–H and O–H groups in total. The minimum absolute atomic E-state index is 0.0536. The summed E-state index contributed by atoms with van der Waals surface area (Å²) in [6.45, 7) is 1.50. The minimum atomic E-state index is -1.94. The third-order valence-corrected chi connectivity index (χ3v) is 11.4. The van der Waals surface area contributed by atoms with Crippen LogP contribution >= 0.6 is 0 Å². The van der Waals surface area contributed by atoms with Gasteiger partial charge in [0.15, 0.2) is 0 Å². The van der Waals surface area contributed by atoms with Gasteiger partial charge < -0.3 is 79.2 Å². The number of aliphatic hydroxyl groups is 3. The monoisotopic (exact) mass is 1010 g/mol. The van der Waals surface area contributed by atoms with Crippen LogP contribution in [0.3, 0.4) is 0 Å². The average molecular weight is 1020 g/mol. The van der Waals surface area contributed by atoms with Gasteiger partial charge in [-0.15, -0.1) is 0 Å². The van der Waals surface area contributed by atoms with E-state index in [-0.39, 0.29) is 25.8 Å². The van der Waals surface area contributed by atoms with Gasteiger partial charge in [0, 0.05) is 6.42 Å². The first-order chi connectivity index (χ1) is 33.7. The molecule has 26 nitrogen and oxygen atoms in total. The quantitative estimate of drug-likeness (QED) is 0.0347. The van der Waals surface area contributed by atoms with Crippen LogP contribution in [0.4, 0.5) is 0 Å². The van der Waals surface area contributed by atoms with Crippen LogP contribution in [0.1, 0.15) is 136 Å². The smallest absolute Gasteiger partial charge is 0.325 e. The predicted octanol–water partition coefficient (Wildman–Crippen LogP) is -3.62. The summed E-state index contributed by atoms with van der Waals surface area (Å²) in [5, 5.41) is 57.9. The normalized spacial score (nSPS) is 24.7. The standard InChI is InChI=1S/C45H78N10O16/c1-4-5-6-7-8-9-10-11-12-13-14-16-28-21-35(60)49-26(2)39(64)50-29(17-15-20-46)40(65)51-30(18-19-36(61)62)41(66)53-33(25-57)44(69)54-32(24-56)43(68)52-31(22-34(47)59)42(67)55-38(27(3)58)45(70)48-23-37(63)71-28/h26-33,38,56-58H,4-25,46H2,1-3H3,(H2,47,59)(H,48,70)(H,49,60)(H,50,64)(H,51,65)(H,52,68)(H,53,66)(H,54,69)(H,55,67)(H,61,62). The van der Waals surface area contributed by atoms with Crippen LogP contribution in [-0.2, 0) is 57.5 Å². The Morgan fingerprint density at radius 2 is 1.08 bits per heavy atom. The molecule has 1 saturated heterocycles. The SMILES string of the molecule is CCCCCCCCCCCCCC1CC(=O)NC(C)C(=O)NC(CCCN)C(=O)NC(CCC(=O)O)C(=O)NC(CO)C(=O)NC(CO)C(=O)NC(CC(N)=O)C(=O)NC(C(C)O)C(=O)NCC(=O)O1. The number of hydrogen-bond donors (Lipinski definition) is 14. The number of carboxylic acid groups (broad SMARTS) is 1. The summed E-state index contributed by atoms with van der Waals surface area (Å²) in [4.78, 5) is 144. The molecule has 0 spiro atoms. The van der Waals surface area contributed by atoms with Crippen molar-refractivity contribution >= 4 is 65.1 Å². The van der Waals surface area contributed by atoms with Gasteiger partial charge in [0.1, 0.15) is 54.9 Å².